The highest BCUT2D eigenvalue weighted by atomic mass is 16.5. The minimum Gasteiger partial charge on any atom is -0.493 e. The van der Waals surface area contributed by atoms with Crippen LogP contribution in [0.25, 0.3) is 0 Å². The Morgan fingerprint density at radius 3 is 2.60 bits per heavy atom. The fourth-order valence-electron chi connectivity index (χ4n) is 6.13. The molecule has 3 heterocycles. The SMILES string of the molecule is BC12C[C@@H](COC(=O)C[C@@H]3NC(=C)NC3=O)C(CC(C)C)CN1CCc1cc(OC)c(OC)cc12. The molecule has 0 spiro atoms. The van der Waals surface area contributed by atoms with Crippen molar-refractivity contribution in [2.45, 2.75) is 51.0 Å². The van der Waals surface area contributed by atoms with E-state index in [2.05, 4.69) is 55.9 Å². The maximum atomic E-state index is 12.6. The van der Waals surface area contributed by atoms with Gasteiger partial charge in [0.1, 0.15) is 13.9 Å². The third kappa shape index (κ3) is 5.15. The minimum absolute atomic E-state index is 0.00433. The molecule has 2 unspecified atom stereocenters. The van der Waals surface area contributed by atoms with Crippen molar-refractivity contribution in [3.63, 3.8) is 0 Å². The topological polar surface area (TPSA) is 89.1 Å². The summed E-state index contributed by atoms with van der Waals surface area (Å²) in [7, 11) is 5.64. The molecule has 2 N–H and O–H groups in total. The number of rotatable bonds is 8. The molecule has 1 aromatic carbocycles. The summed E-state index contributed by atoms with van der Waals surface area (Å²) in [6.45, 7) is 10.5. The average Bonchev–Trinajstić information content (AvgIpc) is 3.12. The summed E-state index contributed by atoms with van der Waals surface area (Å²) in [6.07, 6.45) is 2.94. The molecule has 0 bridgehead atoms. The summed E-state index contributed by atoms with van der Waals surface area (Å²) in [5, 5.41) is 5.49. The molecule has 0 radical (unpaired) electrons. The van der Waals surface area contributed by atoms with Crippen LogP contribution in [0.5, 0.6) is 11.5 Å². The Bertz CT molecular complexity index is 999. The van der Waals surface area contributed by atoms with E-state index < -0.39 is 6.04 Å². The lowest BCUT2D eigenvalue weighted by atomic mass is 9.58. The Labute approximate surface area is 209 Å². The lowest BCUT2D eigenvalue weighted by Gasteiger charge is -2.54. The molecule has 8 nitrogen and oxygen atoms in total. The van der Waals surface area contributed by atoms with Gasteiger partial charge in [0, 0.05) is 18.5 Å². The predicted octanol–water partition coefficient (Wildman–Crippen LogP) is 1.52. The Morgan fingerprint density at radius 1 is 1.26 bits per heavy atom. The molecule has 190 valence electrons. The van der Waals surface area contributed by atoms with E-state index in [1.165, 1.54) is 11.1 Å². The molecule has 4 rings (SSSR count). The highest BCUT2D eigenvalue weighted by Crippen LogP contribution is 2.47. The van der Waals surface area contributed by atoms with Crippen molar-refractivity contribution in [3.05, 3.63) is 35.7 Å². The molecule has 3 aliphatic heterocycles. The number of piperidine rings is 1. The fourth-order valence-corrected chi connectivity index (χ4v) is 6.13. The van der Waals surface area contributed by atoms with Gasteiger partial charge in [0.2, 0.25) is 5.91 Å². The highest BCUT2D eigenvalue weighted by molar-refractivity contribution is 6.16. The van der Waals surface area contributed by atoms with Crippen LogP contribution in [-0.4, -0.2) is 64.6 Å². The molecule has 1 amide bonds. The minimum atomic E-state index is -0.617. The van der Waals surface area contributed by atoms with Gasteiger partial charge in [-0.3, -0.25) is 9.59 Å². The van der Waals surface area contributed by atoms with E-state index in [9.17, 15) is 9.59 Å². The third-order valence-electron chi connectivity index (χ3n) is 7.86. The van der Waals surface area contributed by atoms with E-state index >= 15 is 0 Å². The summed E-state index contributed by atoms with van der Waals surface area (Å²) in [5.41, 5.74) is 2.38. The van der Waals surface area contributed by atoms with Crippen LogP contribution in [-0.2, 0) is 26.2 Å². The fraction of sp³-hybridized carbons (Fsp3) is 0.615. The van der Waals surface area contributed by atoms with Gasteiger partial charge in [0.25, 0.3) is 0 Å². The molecular weight excluding hydrogens is 445 g/mol. The number of nitrogens with one attached hydrogen (secondary N) is 2. The first-order chi connectivity index (χ1) is 16.6. The van der Waals surface area contributed by atoms with E-state index in [-0.39, 0.29) is 29.7 Å². The Balaban J connectivity index is 1.53. The van der Waals surface area contributed by atoms with Crippen LogP contribution in [0.1, 0.15) is 44.2 Å². The van der Waals surface area contributed by atoms with Gasteiger partial charge in [-0.25, -0.2) is 0 Å². The van der Waals surface area contributed by atoms with Gasteiger partial charge in [-0.05, 0) is 60.3 Å². The van der Waals surface area contributed by atoms with Crippen molar-refractivity contribution in [1.29, 1.82) is 0 Å². The molecule has 35 heavy (non-hydrogen) atoms. The monoisotopic (exact) mass is 483 g/mol. The van der Waals surface area contributed by atoms with Crippen molar-refractivity contribution in [3.8, 4) is 11.5 Å². The summed E-state index contributed by atoms with van der Waals surface area (Å²) < 4.78 is 17.0. The van der Waals surface area contributed by atoms with E-state index in [1.54, 1.807) is 14.2 Å². The number of carbonyl (C=O) groups is 2. The van der Waals surface area contributed by atoms with Gasteiger partial charge in [-0.1, -0.05) is 20.4 Å². The van der Waals surface area contributed by atoms with Crippen LogP contribution in [0.3, 0.4) is 0 Å². The zero-order valence-electron chi connectivity index (χ0n) is 21.6. The first-order valence-corrected chi connectivity index (χ1v) is 12.6. The van der Waals surface area contributed by atoms with Crippen LogP contribution < -0.4 is 20.1 Å². The number of benzene rings is 1. The predicted molar refractivity (Wildman–Crippen MR) is 136 cm³/mol. The van der Waals surface area contributed by atoms with Crippen LogP contribution in [0.15, 0.2) is 24.5 Å². The molecule has 1 aromatic rings. The van der Waals surface area contributed by atoms with E-state index in [0.29, 0.717) is 24.3 Å². The number of methoxy groups -OCH3 is 2. The van der Waals surface area contributed by atoms with Gasteiger partial charge >= 0.3 is 5.97 Å². The lowest BCUT2D eigenvalue weighted by Crippen LogP contribution is -2.59. The second-order valence-corrected chi connectivity index (χ2v) is 10.7. The van der Waals surface area contributed by atoms with Crippen molar-refractivity contribution < 1.29 is 23.8 Å². The zero-order valence-corrected chi connectivity index (χ0v) is 21.6. The zero-order chi connectivity index (χ0) is 25.3. The van der Waals surface area contributed by atoms with Crippen molar-refractivity contribution >= 4 is 19.7 Å². The molecule has 4 atom stereocenters. The van der Waals surface area contributed by atoms with Gasteiger partial charge in [0.05, 0.1) is 33.1 Å². The number of amides is 1. The van der Waals surface area contributed by atoms with E-state index in [0.717, 1.165) is 43.9 Å². The first-order valence-electron chi connectivity index (χ1n) is 12.6. The highest BCUT2D eigenvalue weighted by Gasteiger charge is 2.47. The molecule has 3 aliphatic rings. The number of esters is 1. The number of fused-ring (bicyclic) bond motifs is 3. The number of ether oxygens (including phenoxy) is 3. The van der Waals surface area contributed by atoms with Crippen molar-refractivity contribution in [2.24, 2.45) is 17.8 Å². The van der Waals surface area contributed by atoms with E-state index in [4.69, 9.17) is 14.2 Å². The number of hydrogen-bond acceptors (Lipinski definition) is 7. The van der Waals surface area contributed by atoms with Gasteiger partial charge < -0.3 is 29.7 Å². The van der Waals surface area contributed by atoms with Crippen LogP contribution in [0.4, 0.5) is 0 Å². The Kier molecular flexibility index (Phi) is 7.36. The smallest absolute Gasteiger partial charge is 0.308 e. The molecule has 9 heteroatoms. The van der Waals surface area contributed by atoms with Crippen LogP contribution >= 0.6 is 0 Å². The molecule has 0 aliphatic carbocycles. The first kappa shape index (κ1) is 25.4. The van der Waals surface area contributed by atoms with Gasteiger partial charge in [-0.15, -0.1) is 0 Å². The Morgan fingerprint density at radius 2 is 1.97 bits per heavy atom. The largest absolute Gasteiger partial charge is 0.493 e. The van der Waals surface area contributed by atoms with Crippen LogP contribution in [0.2, 0.25) is 0 Å². The van der Waals surface area contributed by atoms with Gasteiger partial charge in [0.15, 0.2) is 11.5 Å². The summed E-state index contributed by atoms with van der Waals surface area (Å²) >= 11 is 0. The quantitative estimate of drug-likeness (QED) is 0.428. The lowest BCUT2D eigenvalue weighted by molar-refractivity contribution is -0.148. The average molecular weight is 483 g/mol. The third-order valence-corrected chi connectivity index (χ3v) is 7.86. The summed E-state index contributed by atoms with van der Waals surface area (Å²) in [4.78, 5) is 27.2. The van der Waals surface area contributed by atoms with Crippen molar-refractivity contribution in [2.75, 3.05) is 33.9 Å². The molecular formula is C26H38BN3O5. The standard InChI is InChI=1S/C26H38BN3O5/c1-15(2)8-18-13-30-7-6-17-9-22(33-4)23(34-5)10-20(17)26(30,27)12-19(18)14-35-24(31)11-21-25(32)29-16(3)28-21/h9-10,15,18-19,21,28H,3,6-8,11-14,27H2,1-2,4-5H3,(H,29,32)/t18?,19-,21-,26?/m0/s1. The molecule has 2 fully saturated rings. The molecule has 0 saturated carbocycles. The second kappa shape index (κ2) is 10.1. The number of carbonyl (C=O) groups excluding carboxylic acids is 2. The van der Waals surface area contributed by atoms with Crippen LogP contribution in [0, 0.1) is 17.8 Å². The summed E-state index contributed by atoms with van der Waals surface area (Å²) in [5.74, 6) is 2.54. The number of nitrogens with zero attached hydrogens (tertiary/aromatic N) is 1. The van der Waals surface area contributed by atoms with Gasteiger partial charge in [-0.2, -0.15) is 0 Å². The van der Waals surface area contributed by atoms with E-state index in [1.807, 2.05) is 0 Å². The molecule has 0 aromatic heterocycles. The second-order valence-electron chi connectivity index (χ2n) is 10.7. The maximum Gasteiger partial charge on any atom is 0.308 e. The number of hydrogen-bond donors (Lipinski definition) is 2. The normalized spacial score (nSPS) is 28.1. The maximum absolute atomic E-state index is 12.6. The Hall–Kier alpha value is -2.68. The molecule has 2 saturated heterocycles. The van der Waals surface area contributed by atoms with Crippen molar-refractivity contribution in [1.82, 2.24) is 15.5 Å². The summed E-state index contributed by atoms with van der Waals surface area (Å²) in [6, 6.07) is 3.62.